The van der Waals surface area contributed by atoms with Gasteiger partial charge in [-0.15, -0.1) is 0 Å². The summed E-state index contributed by atoms with van der Waals surface area (Å²) < 4.78 is 34.3. The molecule has 0 aromatic carbocycles. The van der Waals surface area contributed by atoms with E-state index in [4.69, 9.17) is 18.0 Å². The fraction of sp³-hybridized carbons (Fsp3) is 0.733. The lowest BCUT2D eigenvalue weighted by molar-refractivity contribution is 0.0314. The molecule has 2 rings (SSSR count). The van der Waals surface area contributed by atoms with Crippen LogP contribution in [0.4, 0.5) is 0 Å². The summed E-state index contributed by atoms with van der Waals surface area (Å²) in [6.45, 7) is 11.9. The molecule has 0 aromatic rings. The van der Waals surface area contributed by atoms with E-state index in [1.54, 1.807) is 0 Å². The van der Waals surface area contributed by atoms with E-state index in [1.807, 2.05) is 24.3 Å². The van der Waals surface area contributed by atoms with Gasteiger partial charge in [0.1, 0.15) is 0 Å². The Labute approximate surface area is 134 Å². The highest BCUT2D eigenvalue weighted by Crippen LogP contribution is 2.56. The number of hydrogen-bond donors (Lipinski definition) is 0. The highest BCUT2D eigenvalue weighted by molar-refractivity contribution is 7.48. The first-order chi connectivity index (χ1) is 10.1. The minimum absolute atomic E-state index is 0.189. The third kappa shape index (κ3) is 4.63. The molecule has 1 fully saturated rings. The zero-order valence-corrected chi connectivity index (χ0v) is 16.0. The maximum atomic E-state index is 12.3. The molecular formula is C15H27O5PSi. The molecule has 2 bridgehead atoms. The van der Waals surface area contributed by atoms with E-state index in [2.05, 4.69) is 33.9 Å². The van der Waals surface area contributed by atoms with Crippen molar-refractivity contribution in [3.63, 3.8) is 0 Å². The summed E-state index contributed by atoms with van der Waals surface area (Å²) in [6.07, 6.45) is 7.71. The fourth-order valence-corrected chi connectivity index (χ4v) is 4.34. The lowest BCUT2D eigenvalue weighted by Crippen LogP contribution is -2.40. The number of hydrogen-bond acceptors (Lipinski definition) is 5. The van der Waals surface area contributed by atoms with Crippen LogP contribution in [0.25, 0.3) is 0 Å². The fourth-order valence-electron chi connectivity index (χ4n) is 1.98. The molecule has 0 amide bonds. The average molecular weight is 346 g/mol. The summed E-state index contributed by atoms with van der Waals surface area (Å²) in [6, 6.07) is 0. The molecule has 0 N–H and O–H groups in total. The SMILES string of the molecule is CC(C)(C)[Si](C)(C)OC/C=C/[C@H]1C[C@@H]2C=CCOP(=O)(O2)O1. The Morgan fingerprint density at radius 1 is 1.36 bits per heavy atom. The summed E-state index contributed by atoms with van der Waals surface area (Å²) in [7, 11) is -5.16. The van der Waals surface area contributed by atoms with Crippen LogP contribution in [-0.2, 0) is 22.6 Å². The van der Waals surface area contributed by atoms with Crippen molar-refractivity contribution >= 4 is 16.1 Å². The van der Waals surface area contributed by atoms with E-state index in [1.165, 1.54) is 0 Å². The summed E-state index contributed by atoms with van der Waals surface area (Å²) in [4.78, 5) is 0. The second kappa shape index (κ2) is 6.71. The highest BCUT2D eigenvalue weighted by Gasteiger charge is 2.40. The standard InChI is InChI=1S/C15H27O5PSi/c1-15(2,3)22(4,5)18-11-7-9-14-12-13-8-6-10-17-21(16,19-13)20-14/h6-9,13-14H,10-12H2,1-5H3/b9-7+/t13-,14-,21?/m0/s1. The van der Waals surface area contributed by atoms with E-state index in [0.717, 1.165) is 0 Å². The van der Waals surface area contributed by atoms with Crippen molar-refractivity contribution < 1.29 is 22.6 Å². The second-order valence-electron chi connectivity index (χ2n) is 7.19. The van der Waals surface area contributed by atoms with E-state index in [0.29, 0.717) is 13.0 Å². The lowest BCUT2D eigenvalue weighted by atomic mass is 10.1. The number of fused-ring (bicyclic) bond motifs is 2. The van der Waals surface area contributed by atoms with Gasteiger partial charge in [-0.1, -0.05) is 45.1 Å². The monoisotopic (exact) mass is 346 g/mol. The Morgan fingerprint density at radius 3 is 2.77 bits per heavy atom. The molecule has 3 atom stereocenters. The molecule has 0 saturated carbocycles. The molecule has 0 aromatic heterocycles. The zero-order chi connectivity index (χ0) is 16.4. The van der Waals surface area contributed by atoms with Crippen molar-refractivity contribution in [2.45, 2.75) is 57.5 Å². The third-order valence-corrected chi connectivity index (χ3v) is 10.4. The first kappa shape index (κ1) is 18.1. The van der Waals surface area contributed by atoms with E-state index in [9.17, 15) is 4.57 Å². The van der Waals surface area contributed by atoms with Gasteiger partial charge in [-0.25, -0.2) is 4.57 Å². The quantitative estimate of drug-likeness (QED) is 0.428. The molecule has 5 nitrogen and oxygen atoms in total. The Hall–Kier alpha value is -0.233. The number of phosphoric acid groups is 1. The summed E-state index contributed by atoms with van der Waals surface area (Å²) in [5.74, 6) is 0. The van der Waals surface area contributed by atoms with Crippen LogP contribution in [0.15, 0.2) is 24.3 Å². The highest BCUT2D eigenvalue weighted by atomic mass is 31.2. The van der Waals surface area contributed by atoms with Crippen molar-refractivity contribution in [3.05, 3.63) is 24.3 Å². The van der Waals surface area contributed by atoms with Crippen molar-refractivity contribution in [2.24, 2.45) is 0 Å². The van der Waals surface area contributed by atoms with E-state index < -0.39 is 16.1 Å². The third-order valence-electron chi connectivity index (χ3n) is 4.37. The first-order valence-corrected chi connectivity index (χ1v) is 12.1. The van der Waals surface area contributed by atoms with Crippen molar-refractivity contribution in [2.75, 3.05) is 13.2 Å². The Balaban J connectivity index is 1.89. The molecular weight excluding hydrogens is 319 g/mol. The van der Waals surface area contributed by atoms with Gasteiger partial charge in [0.15, 0.2) is 8.32 Å². The minimum atomic E-state index is -3.42. The maximum absolute atomic E-state index is 12.3. The topological polar surface area (TPSA) is 54.0 Å². The van der Waals surface area contributed by atoms with Gasteiger partial charge in [0.2, 0.25) is 0 Å². The minimum Gasteiger partial charge on any atom is -0.413 e. The average Bonchev–Trinajstić information content (AvgIpc) is 2.51. The molecule has 0 spiro atoms. The molecule has 0 aliphatic carbocycles. The molecule has 1 unspecified atom stereocenters. The van der Waals surface area contributed by atoms with Crippen molar-refractivity contribution in [1.29, 1.82) is 0 Å². The second-order valence-corrected chi connectivity index (χ2v) is 13.6. The molecule has 2 aliphatic rings. The van der Waals surface area contributed by atoms with Gasteiger partial charge < -0.3 is 4.43 Å². The van der Waals surface area contributed by atoms with Crippen LogP contribution in [-0.4, -0.2) is 33.7 Å². The maximum Gasteiger partial charge on any atom is 0.476 e. The van der Waals surface area contributed by atoms with Gasteiger partial charge in [-0.05, 0) is 18.1 Å². The van der Waals surface area contributed by atoms with Gasteiger partial charge in [0.25, 0.3) is 0 Å². The van der Waals surface area contributed by atoms with Crippen LogP contribution in [0.5, 0.6) is 0 Å². The van der Waals surface area contributed by atoms with E-state index >= 15 is 0 Å². The molecule has 126 valence electrons. The smallest absolute Gasteiger partial charge is 0.413 e. The Kier molecular flexibility index (Phi) is 5.53. The molecule has 0 radical (unpaired) electrons. The van der Waals surface area contributed by atoms with Crippen LogP contribution in [0.2, 0.25) is 18.1 Å². The molecule has 1 saturated heterocycles. The normalized spacial score (nSPS) is 33.1. The Morgan fingerprint density at radius 2 is 2.09 bits per heavy atom. The van der Waals surface area contributed by atoms with Crippen LogP contribution < -0.4 is 0 Å². The van der Waals surface area contributed by atoms with Gasteiger partial charge in [0.05, 0.1) is 25.4 Å². The largest absolute Gasteiger partial charge is 0.476 e. The molecule has 2 aliphatic heterocycles. The van der Waals surface area contributed by atoms with Crippen LogP contribution in [0.1, 0.15) is 27.2 Å². The molecule has 7 heteroatoms. The summed E-state index contributed by atoms with van der Waals surface area (Å²) >= 11 is 0. The first-order valence-electron chi connectivity index (χ1n) is 7.70. The summed E-state index contributed by atoms with van der Waals surface area (Å²) in [5.41, 5.74) is 0. The predicted molar refractivity (Wildman–Crippen MR) is 89.4 cm³/mol. The molecule has 22 heavy (non-hydrogen) atoms. The van der Waals surface area contributed by atoms with Gasteiger partial charge in [-0.3, -0.25) is 13.6 Å². The number of phosphoric ester groups is 1. The van der Waals surface area contributed by atoms with Gasteiger partial charge >= 0.3 is 7.82 Å². The summed E-state index contributed by atoms with van der Waals surface area (Å²) in [5, 5.41) is 0.189. The number of rotatable bonds is 4. The van der Waals surface area contributed by atoms with Crippen LogP contribution >= 0.6 is 7.82 Å². The molecule has 2 heterocycles. The van der Waals surface area contributed by atoms with E-state index in [-0.39, 0.29) is 23.9 Å². The van der Waals surface area contributed by atoms with Crippen LogP contribution in [0.3, 0.4) is 0 Å². The van der Waals surface area contributed by atoms with Gasteiger partial charge in [0, 0.05) is 6.42 Å². The van der Waals surface area contributed by atoms with Crippen LogP contribution in [0, 0.1) is 0 Å². The van der Waals surface area contributed by atoms with Gasteiger partial charge in [-0.2, -0.15) is 0 Å². The Bertz CT molecular complexity index is 495. The lowest BCUT2D eigenvalue weighted by Gasteiger charge is -2.35. The van der Waals surface area contributed by atoms with Crippen molar-refractivity contribution in [1.82, 2.24) is 0 Å². The van der Waals surface area contributed by atoms with Crippen molar-refractivity contribution in [3.8, 4) is 0 Å². The zero-order valence-electron chi connectivity index (χ0n) is 14.1. The predicted octanol–water partition coefficient (Wildman–Crippen LogP) is 4.43.